The van der Waals surface area contributed by atoms with Gasteiger partial charge < -0.3 is 15.0 Å². The van der Waals surface area contributed by atoms with Crippen molar-refractivity contribution in [3.63, 3.8) is 0 Å². The zero-order chi connectivity index (χ0) is 16.3. The van der Waals surface area contributed by atoms with Crippen LogP contribution >= 0.6 is 0 Å². The Morgan fingerprint density at radius 3 is 2.41 bits per heavy atom. The number of carbonyl (C=O) groups is 1. The van der Waals surface area contributed by atoms with E-state index >= 15 is 0 Å². The van der Waals surface area contributed by atoms with Crippen LogP contribution in [0.1, 0.15) is 73.1 Å². The molecule has 4 atom stereocenters. The Morgan fingerprint density at radius 2 is 1.86 bits per heavy atom. The van der Waals surface area contributed by atoms with Crippen LogP contribution in [0.2, 0.25) is 0 Å². The van der Waals surface area contributed by atoms with Crippen molar-refractivity contribution in [3.05, 3.63) is 0 Å². The molecule has 1 heterocycles. The molecule has 2 fully saturated rings. The highest BCUT2D eigenvalue weighted by Gasteiger charge is 2.33. The molecule has 1 N–H and O–H groups in total. The molecule has 0 radical (unpaired) electrons. The van der Waals surface area contributed by atoms with Gasteiger partial charge in [0.1, 0.15) is 5.60 Å². The third kappa shape index (κ3) is 4.87. The molecule has 0 aromatic carbocycles. The normalized spacial score (nSPS) is 33.0. The van der Waals surface area contributed by atoms with E-state index < -0.39 is 5.60 Å². The van der Waals surface area contributed by atoms with Crippen LogP contribution in [0.3, 0.4) is 0 Å². The Kier molecular flexibility index (Phi) is 5.76. The Balaban J connectivity index is 1.79. The molecule has 128 valence electrons. The molecule has 1 aliphatic carbocycles. The van der Waals surface area contributed by atoms with Gasteiger partial charge in [-0.2, -0.15) is 0 Å². The van der Waals surface area contributed by atoms with Crippen molar-refractivity contribution in [2.24, 2.45) is 5.92 Å². The van der Waals surface area contributed by atoms with Gasteiger partial charge in [0.15, 0.2) is 0 Å². The number of nitrogens with one attached hydrogen (secondary N) is 1. The number of rotatable bonds is 3. The highest BCUT2D eigenvalue weighted by atomic mass is 16.6. The van der Waals surface area contributed by atoms with Crippen LogP contribution in [-0.4, -0.2) is 41.3 Å². The van der Waals surface area contributed by atoms with Gasteiger partial charge in [-0.1, -0.05) is 13.3 Å². The Bertz CT molecular complexity index is 378. The average Bonchev–Trinajstić information content (AvgIpc) is 2.84. The van der Waals surface area contributed by atoms with E-state index in [1.54, 1.807) is 0 Å². The van der Waals surface area contributed by atoms with Crippen LogP contribution in [-0.2, 0) is 4.74 Å². The molecule has 2 aliphatic rings. The number of likely N-dealkylation sites (tertiary alicyclic amines) is 1. The molecule has 2 rings (SSSR count). The van der Waals surface area contributed by atoms with Crippen molar-refractivity contribution in [1.29, 1.82) is 0 Å². The summed E-state index contributed by atoms with van der Waals surface area (Å²) in [6.07, 6.45) is 7.25. The summed E-state index contributed by atoms with van der Waals surface area (Å²) in [5.74, 6) is 0.914. The van der Waals surface area contributed by atoms with Crippen molar-refractivity contribution in [3.8, 4) is 0 Å². The van der Waals surface area contributed by atoms with Gasteiger partial charge in [-0.05, 0) is 65.7 Å². The number of nitrogens with zero attached hydrogens (tertiary/aromatic N) is 1. The van der Waals surface area contributed by atoms with Gasteiger partial charge in [0.2, 0.25) is 0 Å². The van der Waals surface area contributed by atoms with Gasteiger partial charge in [-0.25, -0.2) is 4.79 Å². The summed E-state index contributed by atoms with van der Waals surface area (Å²) < 4.78 is 5.51. The van der Waals surface area contributed by atoms with Gasteiger partial charge in [0.25, 0.3) is 0 Å². The summed E-state index contributed by atoms with van der Waals surface area (Å²) in [4.78, 5) is 14.1. The van der Waals surface area contributed by atoms with E-state index in [0.29, 0.717) is 12.1 Å². The molecule has 0 bridgehead atoms. The Hall–Kier alpha value is -0.770. The van der Waals surface area contributed by atoms with Gasteiger partial charge in [-0.15, -0.1) is 0 Å². The van der Waals surface area contributed by atoms with Crippen LogP contribution < -0.4 is 5.32 Å². The second-order valence-corrected chi connectivity index (χ2v) is 8.19. The van der Waals surface area contributed by atoms with Crippen molar-refractivity contribution in [2.75, 3.05) is 6.54 Å². The summed E-state index contributed by atoms with van der Waals surface area (Å²) in [5, 5.41) is 3.84. The number of carbonyl (C=O) groups excluding carboxylic acids is 1. The molecule has 1 amide bonds. The average molecular weight is 310 g/mol. The standard InChI is InChI=1S/C18H34N2O2/c1-6-14-7-8-15(12-14)19-16-9-10-20(13(2)11-16)17(21)22-18(3,4)5/h13-16,19H,6-12H2,1-5H3. The van der Waals surface area contributed by atoms with E-state index in [0.717, 1.165) is 25.3 Å². The lowest BCUT2D eigenvalue weighted by Crippen LogP contribution is -2.52. The molecule has 4 unspecified atom stereocenters. The predicted octanol–water partition coefficient (Wildman–Crippen LogP) is 3.94. The van der Waals surface area contributed by atoms with Crippen molar-refractivity contribution in [2.45, 2.75) is 96.9 Å². The SMILES string of the molecule is CCC1CCC(NC2CCN(C(=O)OC(C)(C)C)C(C)C2)C1. The number of hydrogen-bond acceptors (Lipinski definition) is 3. The van der Waals surface area contributed by atoms with Crippen LogP contribution in [0.15, 0.2) is 0 Å². The minimum absolute atomic E-state index is 0.162. The molecule has 1 aliphatic heterocycles. The number of hydrogen-bond donors (Lipinski definition) is 1. The zero-order valence-corrected chi connectivity index (χ0v) is 15.0. The molecule has 0 aromatic heterocycles. The topological polar surface area (TPSA) is 41.6 Å². The summed E-state index contributed by atoms with van der Waals surface area (Å²) in [5.41, 5.74) is -0.412. The van der Waals surface area contributed by atoms with Crippen LogP contribution in [0.5, 0.6) is 0 Å². The van der Waals surface area contributed by atoms with Gasteiger partial charge in [-0.3, -0.25) is 0 Å². The lowest BCUT2D eigenvalue weighted by Gasteiger charge is -2.39. The lowest BCUT2D eigenvalue weighted by molar-refractivity contribution is 0.00901. The van der Waals surface area contributed by atoms with E-state index in [-0.39, 0.29) is 12.1 Å². The third-order valence-electron chi connectivity index (χ3n) is 5.09. The molecule has 0 spiro atoms. The van der Waals surface area contributed by atoms with Crippen LogP contribution in [0.25, 0.3) is 0 Å². The van der Waals surface area contributed by atoms with Crippen molar-refractivity contribution < 1.29 is 9.53 Å². The molecular formula is C18H34N2O2. The molecule has 1 saturated heterocycles. The largest absolute Gasteiger partial charge is 0.444 e. The molecule has 4 nitrogen and oxygen atoms in total. The maximum atomic E-state index is 12.2. The first kappa shape index (κ1) is 17.6. The van der Waals surface area contributed by atoms with Crippen LogP contribution in [0, 0.1) is 5.92 Å². The smallest absolute Gasteiger partial charge is 0.410 e. The minimum atomic E-state index is -0.412. The van der Waals surface area contributed by atoms with Crippen molar-refractivity contribution >= 4 is 6.09 Å². The quantitative estimate of drug-likeness (QED) is 0.858. The predicted molar refractivity (Wildman–Crippen MR) is 90.0 cm³/mol. The fourth-order valence-electron chi connectivity index (χ4n) is 3.85. The monoisotopic (exact) mass is 310 g/mol. The van der Waals surface area contributed by atoms with Crippen LogP contribution in [0.4, 0.5) is 4.79 Å². The minimum Gasteiger partial charge on any atom is -0.444 e. The summed E-state index contributed by atoms with van der Waals surface area (Å²) in [7, 11) is 0. The molecular weight excluding hydrogens is 276 g/mol. The molecule has 1 saturated carbocycles. The highest BCUT2D eigenvalue weighted by molar-refractivity contribution is 5.68. The highest BCUT2D eigenvalue weighted by Crippen LogP contribution is 2.29. The maximum absolute atomic E-state index is 12.2. The second-order valence-electron chi connectivity index (χ2n) is 8.19. The number of amides is 1. The van der Waals surface area contributed by atoms with E-state index in [1.807, 2.05) is 25.7 Å². The van der Waals surface area contributed by atoms with E-state index in [9.17, 15) is 4.79 Å². The molecule has 0 aromatic rings. The van der Waals surface area contributed by atoms with E-state index in [1.165, 1.54) is 25.7 Å². The van der Waals surface area contributed by atoms with Gasteiger partial charge in [0, 0.05) is 24.7 Å². The fraction of sp³-hybridized carbons (Fsp3) is 0.944. The molecule has 22 heavy (non-hydrogen) atoms. The number of ether oxygens (including phenoxy) is 1. The summed E-state index contributed by atoms with van der Waals surface area (Å²) >= 11 is 0. The van der Waals surface area contributed by atoms with E-state index in [4.69, 9.17) is 4.74 Å². The second kappa shape index (κ2) is 7.20. The number of piperidine rings is 1. The Morgan fingerprint density at radius 1 is 1.18 bits per heavy atom. The first-order valence-electron chi connectivity index (χ1n) is 9.04. The zero-order valence-electron chi connectivity index (χ0n) is 15.0. The molecule has 4 heteroatoms. The first-order chi connectivity index (χ1) is 10.3. The Labute approximate surface area is 136 Å². The fourth-order valence-corrected chi connectivity index (χ4v) is 3.85. The van der Waals surface area contributed by atoms with Gasteiger partial charge >= 0.3 is 6.09 Å². The third-order valence-corrected chi connectivity index (χ3v) is 5.09. The van der Waals surface area contributed by atoms with Gasteiger partial charge in [0.05, 0.1) is 0 Å². The summed E-state index contributed by atoms with van der Waals surface area (Å²) in [6, 6.07) is 1.49. The summed E-state index contributed by atoms with van der Waals surface area (Å²) in [6.45, 7) is 11.0. The lowest BCUT2D eigenvalue weighted by atomic mass is 9.97. The van der Waals surface area contributed by atoms with Crippen molar-refractivity contribution in [1.82, 2.24) is 10.2 Å². The van der Waals surface area contributed by atoms with E-state index in [2.05, 4.69) is 19.2 Å². The first-order valence-corrected chi connectivity index (χ1v) is 9.04. The maximum Gasteiger partial charge on any atom is 0.410 e.